The number of carbonyl (C=O) groups is 2. The molecule has 4 atom stereocenters. The number of hydrogen-bond donors (Lipinski definition) is 1. The molecule has 1 amide bonds. The van der Waals surface area contributed by atoms with Crippen molar-refractivity contribution in [1.29, 1.82) is 0 Å². The molecule has 4 heterocycles. The number of likely N-dealkylation sites (tertiary alicyclic amines) is 1. The van der Waals surface area contributed by atoms with Crippen molar-refractivity contribution in [2.24, 2.45) is 5.41 Å². The number of piperidine rings is 1. The molecule has 5 nitrogen and oxygen atoms in total. The number of likely N-dealkylation sites (N-methyl/N-ethyl adjacent to an activating group) is 1. The van der Waals surface area contributed by atoms with Gasteiger partial charge in [-0.1, -0.05) is 42.5 Å². The maximum absolute atomic E-state index is 15.1. The molecule has 1 N–H and O–H groups in total. The molecule has 198 valence electrons. The van der Waals surface area contributed by atoms with E-state index in [1.54, 1.807) is 24.3 Å². The third-order valence-corrected chi connectivity index (χ3v) is 9.24. The van der Waals surface area contributed by atoms with E-state index in [0.29, 0.717) is 36.5 Å². The van der Waals surface area contributed by atoms with Gasteiger partial charge in [-0.05, 0) is 74.0 Å². The maximum atomic E-state index is 15.1. The summed E-state index contributed by atoms with van der Waals surface area (Å²) in [5.74, 6) is -1.49. The molecule has 2 spiro atoms. The first kappa shape index (κ1) is 24.4. The van der Waals surface area contributed by atoms with Gasteiger partial charge in [0.2, 0.25) is 0 Å². The molecule has 7 rings (SSSR count). The highest BCUT2D eigenvalue weighted by molar-refractivity contribution is 6.16. The number of para-hydroxylation sites is 1. The standard InChI is InChI=1S/C32H29F2N3O2/c1-36-18-22(15-20-7-4-9-23(33)16-20)29(38)31(19-36)28(21-8-5-10-24(34)17-21)27-13-6-14-37(27)32(31)25-11-2-3-12-26(25)35-30(32)39/h2-5,7-12,15-17,27-28H,6,13-14,18-19H2,1H3,(H,35,39)/b22-15+/t27-,28-,31-,32-/m0/s1. The number of nitrogens with one attached hydrogen (secondary N) is 1. The summed E-state index contributed by atoms with van der Waals surface area (Å²) in [5.41, 5.74) is 0.875. The number of carbonyl (C=O) groups excluding carboxylic acids is 2. The Morgan fingerprint density at radius 2 is 1.74 bits per heavy atom. The number of rotatable bonds is 2. The van der Waals surface area contributed by atoms with Crippen LogP contribution >= 0.6 is 0 Å². The number of amides is 1. The molecule has 0 aromatic heterocycles. The molecule has 3 aromatic carbocycles. The Hall–Kier alpha value is -3.68. The highest BCUT2D eigenvalue weighted by Gasteiger charge is 2.78. The van der Waals surface area contributed by atoms with Gasteiger partial charge in [0.25, 0.3) is 5.91 Å². The van der Waals surface area contributed by atoms with Crippen molar-refractivity contribution in [1.82, 2.24) is 9.80 Å². The summed E-state index contributed by atoms with van der Waals surface area (Å²) in [7, 11) is 1.95. The van der Waals surface area contributed by atoms with Crippen LogP contribution in [-0.4, -0.2) is 54.2 Å². The third kappa shape index (κ3) is 3.23. The molecule has 3 saturated heterocycles. The van der Waals surface area contributed by atoms with Crippen molar-refractivity contribution in [3.8, 4) is 0 Å². The van der Waals surface area contributed by atoms with Gasteiger partial charge in [0, 0.05) is 41.9 Å². The van der Waals surface area contributed by atoms with E-state index in [1.807, 2.05) is 37.4 Å². The van der Waals surface area contributed by atoms with E-state index in [1.165, 1.54) is 24.3 Å². The van der Waals surface area contributed by atoms with E-state index in [-0.39, 0.29) is 29.4 Å². The zero-order valence-electron chi connectivity index (χ0n) is 21.7. The minimum absolute atomic E-state index is 0.116. The van der Waals surface area contributed by atoms with Crippen LogP contribution in [0, 0.1) is 17.0 Å². The lowest BCUT2D eigenvalue weighted by molar-refractivity contribution is -0.147. The molecule has 4 aliphatic rings. The summed E-state index contributed by atoms with van der Waals surface area (Å²) >= 11 is 0. The maximum Gasteiger partial charge on any atom is 0.250 e. The van der Waals surface area contributed by atoms with Gasteiger partial charge in [0.1, 0.15) is 17.2 Å². The fourth-order valence-electron chi connectivity index (χ4n) is 8.17. The van der Waals surface area contributed by atoms with Gasteiger partial charge in [-0.25, -0.2) is 8.78 Å². The summed E-state index contributed by atoms with van der Waals surface area (Å²) in [4.78, 5) is 33.8. The topological polar surface area (TPSA) is 52.7 Å². The second-order valence-corrected chi connectivity index (χ2v) is 11.3. The van der Waals surface area contributed by atoms with Crippen LogP contribution in [0.3, 0.4) is 0 Å². The van der Waals surface area contributed by atoms with Gasteiger partial charge < -0.3 is 10.2 Å². The highest BCUT2D eigenvalue weighted by atomic mass is 19.1. The number of benzene rings is 3. The zero-order valence-corrected chi connectivity index (χ0v) is 21.7. The molecule has 39 heavy (non-hydrogen) atoms. The van der Waals surface area contributed by atoms with Crippen LogP contribution in [0.5, 0.6) is 0 Å². The summed E-state index contributed by atoms with van der Waals surface area (Å²) in [6, 6.07) is 20.2. The fraction of sp³-hybridized carbons (Fsp3) is 0.312. The van der Waals surface area contributed by atoms with E-state index in [9.17, 15) is 13.6 Å². The Bertz CT molecular complexity index is 1550. The van der Waals surface area contributed by atoms with Crippen molar-refractivity contribution >= 4 is 23.5 Å². The largest absolute Gasteiger partial charge is 0.324 e. The van der Waals surface area contributed by atoms with Crippen molar-refractivity contribution in [2.75, 3.05) is 32.0 Å². The SMILES string of the molecule is CN1C/C(=C\c2cccc(F)c2)C(=O)[C@]2(C1)[C@@H](c1cccc(F)c1)[C@@H]1CCCN1[C@@]21C(=O)Nc2ccccc21. The van der Waals surface area contributed by atoms with Gasteiger partial charge in [0.15, 0.2) is 5.78 Å². The van der Waals surface area contributed by atoms with Crippen LogP contribution in [0.1, 0.15) is 35.4 Å². The zero-order chi connectivity index (χ0) is 26.9. The Morgan fingerprint density at radius 1 is 0.974 bits per heavy atom. The van der Waals surface area contributed by atoms with Gasteiger partial charge in [0.05, 0.1) is 5.41 Å². The van der Waals surface area contributed by atoms with Gasteiger partial charge in [-0.15, -0.1) is 0 Å². The highest BCUT2D eigenvalue weighted by Crippen LogP contribution is 2.68. The smallest absolute Gasteiger partial charge is 0.250 e. The van der Waals surface area contributed by atoms with E-state index in [2.05, 4.69) is 15.1 Å². The molecule has 0 aliphatic carbocycles. The Balaban J connectivity index is 1.54. The predicted octanol–water partition coefficient (Wildman–Crippen LogP) is 4.96. The third-order valence-electron chi connectivity index (χ3n) is 9.24. The molecule has 0 bridgehead atoms. The Morgan fingerprint density at radius 3 is 2.54 bits per heavy atom. The molecule has 0 saturated carbocycles. The summed E-state index contributed by atoms with van der Waals surface area (Å²) in [6.45, 7) is 1.37. The number of fused-ring (bicyclic) bond motifs is 5. The van der Waals surface area contributed by atoms with Crippen molar-refractivity contribution in [3.05, 3.63) is 107 Å². The second kappa shape index (κ2) is 8.66. The molecular formula is C32H29F2N3O2. The quantitative estimate of drug-likeness (QED) is 0.481. The van der Waals surface area contributed by atoms with Crippen LogP contribution < -0.4 is 5.32 Å². The minimum Gasteiger partial charge on any atom is -0.324 e. The molecule has 4 aliphatic heterocycles. The van der Waals surface area contributed by atoms with Crippen LogP contribution in [0.15, 0.2) is 78.4 Å². The number of ketones is 1. The molecule has 3 fully saturated rings. The normalized spacial score (nSPS) is 31.3. The Kier molecular flexibility index (Phi) is 5.41. The lowest BCUT2D eigenvalue weighted by Gasteiger charge is -2.51. The Labute approximate surface area is 226 Å². The molecular weight excluding hydrogens is 496 g/mol. The number of Topliss-reactive ketones (excluding diaryl/α,β-unsaturated/α-hetero) is 1. The molecule has 7 heteroatoms. The van der Waals surface area contributed by atoms with E-state index < -0.39 is 16.9 Å². The van der Waals surface area contributed by atoms with E-state index in [0.717, 1.165) is 24.0 Å². The predicted molar refractivity (Wildman–Crippen MR) is 145 cm³/mol. The average Bonchev–Trinajstić information content (AvgIpc) is 3.55. The van der Waals surface area contributed by atoms with E-state index in [4.69, 9.17) is 0 Å². The van der Waals surface area contributed by atoms with Gasteiger partial charge >= 0.3 is 0 Å². The van der Waals surface area contributed by atoms with Crippen molar-refractivity contribution in [3.63, 3.8) is 0 Å². The minimum atomic E-state index is -1.26. The number of anilines is 1. The summed E-state index contributed by atoms with van der Waals surface area (Å²) in [5, 5.41) is 3.11. The lowest BCUT2D eigenvalue weighted by atomic mass is 9.55. The molecule has 0 radical (unpaired) electrons. The van der Waals surface area contributed by atoms with Crippen LogP contribution in [0.4, 0.5) is 14.5 Å². The monoisotopic (exact) mass is 525 g/mol. The number of hydrogen-bond acceptors (Lipinski definition) is 4. The molecule has 3 aromatic rings. The summed E-state index contributed by atoms with van der Waals surface area (Å²) < 4.78 is 28.8. The fourth-order valence-corrected chi connectivity index (χ4v) is 8.17. The lowest BCUT2D eigenvalue weighted by Crippen LogP contribution is -2.65. The van der Waals surface area contributed by atoms with Crippen molar-refractivity contribution in [2.45, 2.75) is 30.3 Å². The van der Waals surface area contributed by atoms with Crippen LogP contribution in [0.2, 0.25) is 0 Å². The van der Waals surface area contributed by atoms with Gasteiger partial charge in [-0.3, -0.25) is 14.5 Å². The number of halogens is 2. The average molecular weight is 526 g/mol. The van der Waals surface area contributed by atoms with Crippen molar-refractivity contribution < 1.29 is 18.4 Å². The van der Waals surface area contributed by atoms with Crippen LogP contribution in [0.25, 0.3) is 6.08 Å². The molecule has 0 unspecified atom stereocenters. The number of nitrogens with zero attached hydrogens (tertiary/aromatic N) is 2. The first-order valence-corrected chi connectivity index (χ1v) is 13.5. The first-order valence-electron chi connectivity index (χ1n) is 13.5. The van der Waals surface area contributed by atoms with E-state index >= 15 is 4.79 Å². The van der Waals surface area contributed by atoms with Gasteiger partial charge in [-0.2, -0.15) is 0 Å². The summed E-state index contributed by atoms with van der Waals surface area (Å²) in [6.07, 6.45) is 3.45. The van der Waals surface area contributed by atoms with Crippen LogP contribution in [-0.2, 0) is 15.1 Å². The second-order valence-electron chi connectivity index (χ2n) is 11.3. The first-order chi connectivity index (χ1) is 18.9.